The molecule has 1 atom stereocenters. The summed E-state index contributed by atoms with van der Waals surface area (Å²) in [6.07, 6.45) is 12.5. The van der Waals surface area contributed by atoms with E-state index < -0.39 is 0 Å². The average Bonchev–Trinajstić information content (AvgIpc) is 2.68. The van der Waals surface area contributed by atoms with Crippen molar-refractivity contribution >= 4 is 22.5 Å². The Balaban J connectivity index is 1.91. The highest BCUT2D eigenvalue weighted by atomic mass is 31.1. The smallest absolute Gasteiger partial charge is 0.00548 e. The van der Waals surface area contributed by atoms with Crippen molar-refractivity contribution in [3.8, 4) is 0 Å². The van der Waals surface area contributed by atoms with E-state index in [1.165, 1.54) is 68.4 Å². The maximum atomic E-state index is 4.50. The molecule has 0 aliphatic rings. The second-order valence-electron chi connectivity index (χ2n) is 4.58. The van der Waals surface area contributed by atoms with Crippen LogP contribution in [0.25, 0.3) is 0 Å². The van der Waals surface area contributed by atoms with Gasteiger partial charge in [0.1, 0.15) is 0 Å². The Morgan fingerprint density at radius 1 is 1.00 bits per heavy atom. The first-order valence-electron chi connectivity index (χ1n) is 6.69. The highest BCUT2D eigenvalue weighted by molar-refractivity contribution is 7.51. The van der Waals surface area contributed by atoms with Gasteiger partial charge in [0.2, 0.25) is 0 Å². The van der Waals surface area contributed by atoms with Gasteiger partial charge in [-0.25, -0.2) is 0 Å². The monoisotopic (exact) mass is 254 g/mol. The summed E-state index contributed by atoms with van der Waals surface area (Å²) in [6.45, 7) is 2.28. The number of unbranched alkanes of at least 4 members (excludes halogenated alkanes) is 7. The molecule has 0 aliphatic heterocycles. The molecule has 1 heterocycles. The minimum Gasteiger partial charge on any atom is -0.131 e. The van der Waals surface area contributed by atoms with E-state index in [0.29, 0.717) is 0 Å². The molecular weight excluding hydrogens is 230 g/mol. The molecule has 0 N–H and O–H groups in total. The van der Waals surface area contributed by atoms with E-state index in [2.05, 4.69) is 28.0 Å². The Kier molecular flexibility index (Phi) is 8.26. The lowest BCUT2D eigenvalue weighted by Crippen LogP contribution is -1.93. The largest absolute Gasteiger partial charge is 0.131 e. The van der Waals surface area contributed by atoms with Crippen LogP contribution in [-0.2, 0) is 6.42 Å². The van der Waals surface area contributed by atoms with E-state index in [1.807, 2.05) is 0 Å². The van der Waals surface area contributed by atoms with Gasteiger partial charge in [-0.1, -0.05) is 57.9 Å². The summed E-state index contributed by atoms with van der Waals surface area (Å²) >= 11 is 0. The maximum Gasteiger partial charge on any atom is 0.00548 e. The van der Waals surface area contributed by atoms with E-state index in [-0.39, 0.29) is 0 Å². The molecule has 0 saturated heterocycles. The zero-order valence-corrected chi connectivity index (χ0v) is 12.4. The van der Waals surface area contributed by atoms with E-state index in [4.69, 9.17) is 0 Å². The van der Waals surface area contributed by atoms with Crippen LogP contribution in [0, 0.1) is 0 Å². The van der Waals surface area contributed by atoms with Crippen LogP contribution in [0.15, 0.2) is 11.9 Å². The first kappa shape index (κ1) is 14.3. The normalized spacial score (nSPS) is 11.4. The number of rotatable bonds is 9. The van der Waals surface area contributed by atoms with Gasteiger partial charge < -0.3 is 0 Å². The zero-order chi connectivity index (χ0) is 11.6. The summed E-state index contributed by atoms with van der Waals surface area (Å²) in [5, 5.41) is 1.32. The summed E-state index contributed by atoms with van der Waals surface area (Å²) < 4.78 is 0. The first-order valence-corrected chi connectivity index (χ1v) is 8.22. The SMILES string of the molecule is CCCCCCCCCCc1cc[pH]c1[P]. The zero-order valence-electron chi connectivity index (χ0n) is 10.5. The molecule has 0 aromatic carbocycles. The summed E-state index contributed by atoms with van der Waals surface area (Å²) in [5.74, 6) is 2.25. The molecule has 1 unspecified atom stereocenters. The van der Waals surface area contributed by atoms with Crippen LogP contribution in [0.3, 0.4) is 0 Å². The summed E-state index contributed by atoms with van der Waals surface area (Å²) in [5.41, 5.74) is 1.49. The second kappa shape index (κ2) is 9.26. The van der Waals surface area contributed by atoms with Gasteiger partial charge in [0.15, 0.2) is 0 Å². The molecule has 1 aromatic rings. The molecule has 2 radical (unpaired) electrons. The molecule has 0 aliphatic carbocycles. The average molecular weight is 254 g/mol. The number of aryl methyl sites for hydroxylation is 1. The second-order valence-corrected chi connectivity index (χ2v) is 6.57. The third-order valence-electron chi connectivity index (χ3n) is 3.11. The van der Waals surface area contributed by atoms with Crippen LogP contribution < -0.4 is 5.04 Å². The van der Waals surface area contributed by atoms with Crippen molar-refractivity contribution in [2.24, 2.45) is 0 Å². The van der Waals surface area contributed by atoms with Crippen LogP contribution in [0.2, 0.25) is 0 Å². The lowest BCUT2D eigenvalue weighted by Gasteiger charge is -2.02. The standard InChI is InChI=1S/C14H24P2/c1-2-3-4-5-6-7-8-9-10-13-11-12-16-14(13)15/h11-12,16H,2-10H2,1H3. The molecule has 2 heteroatoms. The Morgan fingerprint density at radius 2 is 1.62 bits per heavy atom. The van der Waals surface area contributed by atoms with Crippen molar-refractivity contribution in [1.82, 2.24) is 0 Å². The Bertz CT molecular complexity index is 265. The van der Waals surface area contributed by atoms with Gasteiger partial charge in [-0.05, 0) is 33.4 Å². The Hall–Kier alpha value is 0.210. The van der Waals surface area contributed by atoms with Gasteiger partial charge in [0.05, 0.1) is 0 Å². The predicted molar refractivity (Wildman–Crippen MR) is 78.8 cm³/mol. The van der Waals surface area contributed by atoms with E-state index in [0.717, 1.165) is 8.19 Å². The quantitative estimate of drug-likeness (QED) is 0.407. The summed E-state index contributed by atoms with van der Waals surface area (Å²) in [7, 11) is 5.34. The molecule has 0 bridgehead atoms. The van der Waals surface area contributed by atoms with E-state index >= 15 is 0 Å². The molecule has 90 valence electrons. The number of hydrogen-bond acceptors (Lipinski definition) is 0. The molecule has 0 amide bonds. The molecular formula is C14H24P2. The van der Waals surface area contributed by atoms with Crippen molar-refractivity contribution in [3.05, 3.63) is 17.4 Å². The third-order valence-corrected chi connectivity index (χ3v) is 4.71. The molecule has 16 heavy (non-hydrogen) atoms. The predicted octanol–water partition coefficient (Wildman–Crippen LogP) is 5.44. The molecule has 0 fully saturated rings. The third kappa shape index (κ3) is 6.07. The Labute approximate surface area is 105 Å². The van der Waals surface area contributed by atoms with Crippen LogP contribution in [-0.4, -0.2) is 0 Å². The van der Waals surface area contributed by atoms with Crippen molar-refractivity contribution in [3.63, 3.8) is 0 Å². The lowest BCUT2D eigenvalue weighted by atomic mass is 10.1. The summed E-state index contributed by atoms with van der Waals surface area (Å²) in [4.78, 5) is 0. The molecule has 0 spiro atoms. The van der Waals surface area contributed by atoms with Gasteiger partial charge in [-0.3, -0.25) is 0 Å². The van der Waals surface area contributed by atoms with Crippen LogP contribution in [0.4, 0.5) is 0 Å². The van der Waals surface area contributed by atoms with Crippen LogP contribution in [0.1, 0.15) is 63.9 Å². The molecule has 0 saturated carbocycles. The topological polar surface area (TPSA) is 0 Å². The van der Waals surface area contributed by atoms with Crippen molar-refractivity contribution in [2.75, 3.05) is 0 Å². The number of hydrogen-bond donors (Lipinski definition) is 0. The van der Waals surface area contributed by atoms with Crippen molar-refractivity contribution in [1.29, 1.82) is 0 Å². The van der Waals surface area contributed by atoms with Gasteiger partial charge in [0, 0.05) is 5.04 Å². The van der Waals surface area contributed by atoms with E-state index in [1.54, 1.807) is 0 Å². The fraction of sp³-hybridized carbons (Fsp3) is 0.714. The van der Waals surface area contributed by atoms with Crippen molar-refractivity contribution < 1.29 is 0 Å². The highest BCUT2D eigenvalue weighted by Crippen LogP contribution is 2.16. The van der Waals surface area contributed by atoms with Crippen molar-refractivity contribution in [2.45, 2.75) is 64.7 Å². The Morgan fingerprint density at radius 3 is 2.19 bits per heavy atom. The molecule has 1 rings (SSSR count). The van der Waals surface area contributed by atoms with Gasteiger partial charge >= 0.3 is 0 Å². The lowest BCUT2D eigenvalue weighted by molar-refractivity contribution is 0.576. The summed E-state index contributed by atoms with van der Waals surface area (Å²) in [6, 6.07) is 2.27. The van der Waals surface area contributed by atoms with Crippen LogP contribution >= 0.6 is 17.4 Å². The van der Waals surface area contributed by atoms with Gasteiger partial charge in [-0.15, -0.1) is 8.19 Å². The molecule has 1 aromatic heterocycles. The van der Waals surface area contributed by atoms with E-state index in [9.17, 15) is 0 Å². The van der Waals surface area contributed by atoms with Gasteiger partial charge in [-0.2, -0.15) is 0 Å². The fourth-order valence-corrected chi connectivity index (χ4v) is 3.29. The highest BCUT2D eigenvalue weighted by Gasteiger charge is 1.98. The van der Waals surface area contributed by atoms with Crippen LogP contribution in [0.5, 0.6) is 0 Å². The minimum absolute atomic E-state index is 0.838. The maximum absolute atomic E-state index is 4.50. The molecule has 0 nitrogen and oxygen atoms in total. The van der Waals surface area contributed by atoms with Gasteiger partial charge in [0.25, 0.3) is 0 Å². The fourth-order valence-electron chi connectivity index (χ4n) is 2.04. The first-order chi connectivity index (χ1) is 7.84. The minimum atomic E-state index is 0.838.